The average molecular weight is 309 g/mol. The number of thioether (sulfide) groups is 1. The van der Waals surface area contributed by atoms with E-state index in [4.69, 9.17) is 5.11 Å². The first-order chi connectivity index (χ1) is 10.0. The van der Waals surface area contributed by atoms with Crippen molar-refractivity contribution in [3.63, 3.8) is 0 Å². The van der Waals surface area contributed by atoms with Crippen LogP contribution in [0.5, 0.6) is 0 Å². The predicted molar refractivity (Wildman–Crippen MR) is 84.9 cm³/mol. The average Bonchev–Trinajstić information content (AvgIpc) is 2.43. The van der Waals surface area contributed by atoms with E-state index in [9.17, 15) is 14.4 Å². The van der Waals surface area contributed by atoms with Crippen LogP contribution in [0, 0.1) is 0 Å². The second kappa shape index (κ2) is 11.7. The molecule has 21 heavy (non-hydrogen) atoms. The van der Waals surface area contributed by atoms with E-state index in [1.165, 1.54) is 18.2 Å². The number of rotatable bonds is 8. The molecule has 1 unspecified atom stereocenters. The summed E-state index contributed by atoms with van der Waals surface area (Å²) in [6.45, 7) is 3.62. The van der Waals surface area contributed by atoms with Gasteiger partial charge in [0.2, 0.25) is 11.0 Å². The summed E-state index contributed by atoms with van der Waals surface area (Å²) in [5.74, 6) is -1.73. The number of carbonyl (C=O) groups is 3. The van der Waals surface area contributed by atoms with Gasteiger partial charge < -0.3 is 10.4 Å². The van der Waals surface area contributed by atoms with Crippen molar-refractivity contribution in [1.29, 1.82) is 0 Å². The summed E-state index contributed by atoms with van der Waals surface area (Å²) < 4.78 is 0. The molecule has 5 nitrogen and oxygen atoms in total. The first-order valence-electron chi connectivity index (χ1n) is 6.30. The molecule has 0 aromatic heterocycles. The van der Waals surface area contributed by atoms with Crippen LogP contribution in [0.1, 0.15) is 13.8 Å². The molecular formula is C15H19NO4S. The summed E-state index contributed by atoms with van der Waals surface area (Å²) in [6, 6.07) is -1.11. The van der Waals surface area contributed by atoms with Crippen molar-refractivity contribution in [2.45, 2.75) is 19.9 Å². The molecular weight excluding hydrogens is 290 g/mol. The number of hydrogen-bond donors (Lipinski definition) is 2. The lowest BCUT2D eigenvalue weighted by molar-refractivity contribution is -0.140. The Labute approximate surface area is 128 Å². The number of aliphatic carboxylic acids is 1. The van der Waals surface area contributed by atoms with E-state index in [0.29, 0.717) is 0 Å². The highest BCUT2D eigenvalue weighted by molar-refractivity contribution is 8.14. The van der Waals surface area contributed by atoms with Crippen LogP contribution in [0.4, 0.5) is 0 Å². The van der Waals surface area contributed by atoms with Gasteiger partial charge in [-0.1, -0.05) is 48.2 Å². The molecule has 1 atom stereocenters. The summed E-state index contributed by atoms with van der Waals surface area (Å²) in [4.78, 5) is 34.0. The molecule has 2 N–H and O–H groups in total. The number of allylic oxidation sites excluding steroid dienone is 6. The summed E-state index contributed by atoms with van der Waals surface area (Å²) in [6.07, 6.45) is 12.5. The first kappa shape index (κ1) is 18.9. The van der Waals surface area contributed by atoms with Gasteiger partial charge in [-0.15, -0.1) is 0 Å². The minimum atomic E-state index is -1.18. The zero-order valence-electron chi connectivity index (χ0n) is 12.0. The highest BCUT2D eigenvalue weighted by Gasteiger charge is 2.19. The summed E-state index contributed by atoms with van der Waals surface area (Å²) in [7, 11) is 0. The number of carbonyl (C=O) groups excluding carboxylic acids is 2. The summed E-state index contributed by atoms with van der Waals surface area (Å²) in [5.41, 5.74) is 0. The molecule has 0 aliphatic rings. The van der Waals surface area contributed by atoms with Crippen LogP contribution in [-0.4, -0.2) is 33.9 Å². The van der Waals surface area contributed by atoms with Gasteiger partial charge >= 0.3 is 5.97 Å². The highest BCUT2D eigenvalue weighted by atomic mass is 32.2. The van der Waals surface area contributed by atoms with Gasteiger partial charge in [0.25, 0.3) is 0 Å². The Morgan fingerprint density at radius 2 is 1.62 bits per heavy atom. The van der Waals surface area contributed by atoms with Gasteiger partial charge in [-0.2, -0.15) is 0 Å². The lowest BCUT2D eigenvalue weighted by Crippen LogP contribution is -2.42. The van der Waals surface area contributed by atoms with Gasteiger partial charge in [0.15, 0.2) is 0 Å². The molecule has 0 saturated heterocycles. The predicted octanol–water partition coefficient (Wildman–Crippen LogP) is 2.08. The molecule has 6 heteroatoms. The van der Waals surface area contributed by atoms with Gasteiger partial charge in [-0.25, -0.2) is 4.79 Å². The summed E-state index contributed by atoms with van der Waals surface area (Å²) in [5, 5.41) is 11.1. The van der Waals surface area contributed by atoms with Gasteiger partial charge in [0, 0.05) is 11.8 Å². The second-order valence-electron chi connectivity index (χ2n) is 3.80. The fourth-order valence-corrected chi connectivity index (χ4v) is 1.84. The van der Waals surface area contributed by atoms with Crippen molar-refractivity contribution in [2.75, 3.05) is 5.75 Å². The molecule has 0 heterocycles. The quantitative estimate of drug-likeness (QED) is 0.530. The number of amides is 1. The van der Waals surface area contributed by atoms with E-state index >= 15 is 0 Å². The molecule has 0 rings (SSSR count). The summed E-state index contributed by atoms with van der Waals surface area (Å²) >= 11 is 0.840. The monoisotopic (exact) mass is 309 g/mol. The van der Waals surface area contributed by atoms with Crippen molar-refractivity contribution >= 4 is 28.8 Å². The Kier molecular flexibility index (Phi) is 10.6. The third-order valence-corrected chi connectivity index (χ3v) is 3.01. The van der Waals surface area contributed by atoms with Crippen LogP contribution in [0.3, 0.4) is 0 Å². The topological polar surface area (TPSA) is 83.5 Å². The third-order valence-electron chi connectivity index (χ3n) is 2.09. The van der Waals surface area contributed by atoms with Crippen LogP contribution in [0.25, 0.3) is 0 Å². The van der Waals surface area contributed by atoms with E-state index in [0.717, 1.165) is 11.8 Å². The normalized spacial score (nSPS) is 13.4. The Bertz CT molecular complexity index is 478. The smallest absolute Gasteiger partial charge is 0.327 e. The van der Waals surface area contributed by atoms with Crippen molar-refractivity contribution in [3.8, 4) is 0 Å². The fraction of sp³-hybridized carbons (Fsp3) is 0.267. The maximum atomic E-state index is 11.5. The Morgan fingerprint density at radius 3 is 2.14 bits per heavy atom. The molecule has 0 spiro atoms. The lowest BCUT2D eigenvalue weighted by atomic mass is 10.3. The number of nitrogens with one attached hydrogen (secondary N) is 1. The Morgan fingerprint density at radius 1 is 1.05 bits per heavy atom. The number of hydrogen-bond acceptors (Lipinski definition) is 4. The molecule has 0 radical (unpaired) electrons. The Balaban J connectivity index is 4.41. The maximum absolute atomic E-state index is 11.5. The van der Waals surface area contributed by atoms with Crippen molar-refractivity contribution in [1.82, 2.24) is 5.32 Å². The molecule has 114 valence electrons. The van der Waals surface area contributed by atoms with Gasteiger partial charge in [-0.05, 0) is 19.9 Å². The lowest BCUT2D eigenvalue weighted by Gasteiger charge is -2.11. The molecule has 0 aliphatic heterocycles. The molecule has 0 fully saturated rings. The van der Waals surface area contributed by atoms with Gasteiger partial charge in [0.1, 0.15) is 6.04 Å². The molecule has 0 aromatic carbocycles. The van der Waals surface area contributed by atoms with Crippen molar-refractivity contribution in [3.05, 3.63) is 48.6 Å². The molecule has 0 saturated carbocycles. The molecule has 0 aliphatic carbocycles. The van der Waals surface area contributed by atoms with Crippen LogP contribution in [0.2, 0.25) is 0 Å². The zero-order chi connectivity index (χ0) is 16.1. The molecule has 0 bridgehead atoms. The number of carboxylic acids is 1. The second-order valence-corrected chi connectivity index (χ2v) is 4.82. The van der Waals surface area contributed by atoms with Crippen LogP contribution in [-0.2, 0) is 14.4 Å². The molecule has 1 amide bonds. The van der Waals surface area contributed by atoms with Crippen LogP contribution in [0.15, 0.2) is 48.6 Å². The minimum absolute atomic E-state index is 0.0302. The minimum Gasteiger partial charge on any atom is -0.480 e. The van der Waals surface area contributed by atoms with E-state index in [1.54, 1.807) is 37.3 Å². The largest absolute Gasteiger partial charge is 0.480 e. The van der Waals surface area contributed by atoms with E-state index in [1.807, 2.05) is 6.92 Å². The van der Waals surface area contributed by atoms with Gasteiger partial charge in [0.05, 0.1) is 0 Å². The number of carboxylic acid groups (broad SMARTS) is 1. The zero-order valence-corrected chi connectivity index (χ0v) is 12.8. The molecule has 0 aromatic rings. The van der Waals surface area contributed by atoms with Crippen LogP contribution >= 0.6 is 11.8 Å². The first-order valence-corrected chi connectivity index (χ1v) is 7.28. The van der Waals surface area contributed by atoms with E-state index in [2.05, 4.69) is 5.32 Å². The highest BCUT2D eigenvalue weighted by Crippen LogP contribution is 2.06. The third kappa shape index (κ3) is 10.4. The van der Waals surface area contributed by atoms with Gasteiger partial charge in [-0.3, -0.25) is 9.59 Å². The van der Waals surface area contributed by atoms with E-state index < -0.39 is 17.9 Å². The van der Waals surface area contributed by atoms with E-state index in [-0.39, 0.29) is 10.9 Å². The van der Waals surface area contributed by atoms with Crippen molar-refractivity contribution < 1.29 is 19.5 Å². The maximum Gasteiger partial charge on any atom is 0.327 e. The van der Waals surface area contributed by atoms with Crippen molar-refractivity contribution in [2.24, 2.45) is 0 Å². The fourth-order valence-electron chi connectivity index (χ4n) is 1.11. The standard InChI is InChI=1S/C15H19NO4S/c1-3-5-7-9-13(17)16-12(15(19)20)11-21-14(18)10-8-6-4-2/h3-10,12H,11H2,1-2H3,(H,16,17)(H,19,20). The van der Waals surface area contributed by atoms with Crippen LogP contribution < -0.4 is 5.32 Å². The SMILES string of the molecule is CC=CC=CC(=O)NC(CSC(=O)C=CC=CC)C(=O)O. The Hall–Kier alpha value is -2.08.